The molecule has 0 unspecified atom stereocenters. The van der Waals surface area contributed by atoms with Gasteiger partial charge in [0.05, 0.1) is 18.2 Å². The van der Waals surface area contributed by atoms with E-state index < -0.39 is 17.7 Å². The van der Waals surface area contributed by atoms with Gasteiger partial charge in [0.15, 0.2) is 0 Å². The third kappa shape index (κ3) is 5.63. The van der Waals surface area contributed by atoms with Crippen LogP contribution in [-0.4, -0.2) is 25.1 Å². The monoisotopic (exact) mass is 313 g/mol. The molecule has 0 spiro atoms. The van der Waals surface area contributed by atoms with Crippen LogP contribution in [0.1, 0.15) is 38.8 Å². The van der Waals surface area contributed by atoms with Crippen molar-refractivity contribution in [2.45, 2.75) is 38.8 Å². The molecule has 0 radical (unpaired) electrons. The van der Waals surface area contributed by atoms with Gasteiger partial charge < -0.3 is 19.6 Å². The second kappa shape index (κ2) is 7.31. The van der Waals surface area contributed by atoms with Gasteiger partial charge in [-0.3, -0.25) is 0 Å². The van der Waals surface area contributed by atoms with Crippen molar-refractivity contribution in [1.82, 2.24) is 5.32 Å². The van der Waals surface area contributed by atoms with Crippen LogP contribution in [0.5, 0.6) is 5.75 Å². The van der Waals surface area contributed by atoms with E-state index in [-0.39, 0.29) is 6.42 Å². The van der Waals surface area contributed by atoms with Crippen molar-refractivity contribution in [2.24, 2.45) is 0 Å². The highest BCUT2D eigenvalue weighted by molar-refractivity contribution is 6.32. The number of hydrogen-bond acceptors (Lipinski definition) is 4. The minimum atomic E-state index is -0.604. The molecule has 0 aliphatic heterocycles. The molecular formula is C15H20ClNO4. The van der Waals surface area contributed by atoms with Gasteiger partial charge in [0.25, 0.3) is 0 Å². The van der Waals surface area contributed by atoms with Crippen molar-refractivity contribution in [2.75, 3.05) is 7.11 Å². The maximum Gasteiger partial charge on any atom is 0.408 e. The summed E-state index contributed by atoms with van der Waals surface area (Å²) in [5.74, 6) is 0.482. The minimum absolute atomic E-state index is 0.129. The average Bonchev–Trinajstić information content (AvgIpc) is 2.36. The number of carbonyl (C=O) groups is 2. The van der Waals surface area contributed by atoms with Gasteiger partial charge in [-0.1, -0.05) is 17.7 Å². The Labute approximate surface area is 129 Å². The molecule has 0 saturated heterocycles. The summed E-state index contributed by atoms with van der Waals surface area (Å²) in [5, 5.41) is 3.13. The Morgan fingerprint density at radius 1 is 1.43 bits per heavy atom. The van der Waals surface area contributed by atoms with Crippen LogP contribution in [0.3, 0.4) is 0 Å². The quantitative estimate of drug-likeness (QED) is 0.845. The van der Waals surface area contributed by atoms with Crippen LogP contribution in [0.15, 0.2) is 18.2 Å². The fraction of sp³-hybridized carbons (Fsp3) is 0.467. The second-order valence-corrected chi connectivity index (χ2v) is 5.90. The molecule has 1 aromatic carbocycles. The highest BCUT2D eigenvalue weighted by atomic mass is 35.5. The standard InChI is InChI=1S/C15H20ClNO4/c1-15(2,3)21-14(19)17-12(7-8-18)10-5-6-11(16)13(9-10)20-4/h5-6,8-9,12H,7H2,1-4H3,(H,17,19)/t12-/m0/s1. The molecule has 0 aromatic heterocycles. The van der Waals surface area contributed by atoms with Gasteiger partial charge in [0.2, 0.25) is 0 Å². The average molecular weight is 314 g/mol. The maximum absolute atomic E-state index is 11.8. The van der Waals surface area contributed by atoms with E-state index in [4.69, 9.17) is 21.1 Å². The maximum atomic E-state index is 11.8. The van der Waals surface area contributed by atoms with Gasteiger partial charge in [-0.15, -0.1) is 0 Å². The number of ether oxygens (including phenoxy) is 2. The first-order valence-corrected chi connectivity index (χ1v) is 6.91. The first-order valence-electron chi connectivity index (χ1n) is 6.53. The van der Waals surface area contributed by atoms with Crippen molar-refractivity contribution >= 4 is 24.0 Å². The normalized spacial score (nSPS) is 12.4. The second-order valence-electron chi connectivity index (χ2n) is 5.50. The van der Waals surface area contributed by atoms with Crippen LogP contribution < -0.4 is 10.1 Å². The summed E-state index contributed by atoms with van der Waals surface area (Å²) in [4.78, 5) is 22.7. The van der Waals surface area contributed by atoms with E-state index in [1.807, 2.05) is 0 Å². The van der Waals surface area contributed by atoms with Gasteiger partial charge in [0, 0.05) is 6.42 Å². The van der Waals surface area contributed by atoms with Crippen molar-refractivity contribution in [3.63, 3.8) is 0 Å². The third-order valence-electron chi connectivity index (χ3n) is 2.60. The molecule has 116 valence electrons. The molecule has 0 fully saturated rings. The molecule has 6 heteroatoms. The van der Waals surface area contributed by atoms with Crippen molar-refractivity contribution in [1.29, 1.82) is 0 Å². The van der Waals surface area contributed by atoms with Gasteiger partial charge in [-0.05, 0) is 38.5 Å². The molecule has 0 saturated carbocycles. The summed E-state index contributed by atoms with van der Waals surface area (Å²) in [5.41, 5.74) is 0.113. The number of halogens is 1. The van der Waals surface area contributed by atoms with Gasteiger partial charge >= 0.3 is 6.09 Å². The smallest absolute Gasteiger partial charge is 0.408 e. The first-order chi connectivity index (χ1) is 9.76. The Morgan fingerprint density at radius 3 is 2.62 bits per heavy atom. The topological polar surface area (TPSA) is 64.6 Å². The fourth-order valence-corrected chi connectivity index (χ4v) is 1.91. The largest absolute Gasteiger partial charge is 0.495 e. The van der Waals surface area contributed by atoms with Crippen LogP contribution in [0.25, 0.3) is 0 Å². The van der Waals surface area contributed by atoms with E-state index >= 15 is 0 Å². The van der Waals surface area contributed by atoms with Crippen LogP contribution in [-0.2, 0) is 9.53 Å². The molecular weight excluding hydrogens is 294 g/mol. The molecule has 1 atom stereocenters. The number of hydrogen-bond donors (Lipinski definition) is 1. The summed E-state index contributed by atoms with van der Waals surface area (Å²) in [6.45, 7) is 5.31. The Bertz CT molecular complexity index is 511. The minimum Gasteiger partial charge on any atom is -0.495 e. The molecule has 0 bridgehead atoms. The number of alkyl carbamates (subject to hydrolysis) is 1. The number of carbonyl (C=O) groups excluding carboxylic acids is 2. The molecule has 1 rings (SSSR count). The van der Waals surface area contributed by atoms with Crippen LogP contribution in [0.4, 0.5) is 4.79 Å². The zero-order valence-electron chi connectivity index (χ0n) is 12.6. The van der Waals surface area contributed by atoms with Crippen LogP contribution >= 0.6 is 11.6 Å². The molecule has 1 N–H and O–H groups in total. The summed E-state index contributed by atoms with van der Waals surface area (Å²) in [6.07, 6.45) is 0.288. The molecule has 0 heterocycles. The predicted molar refractivity (Wildman–Crippen MR) is 80.8 cm³/mol. The zero-order chi connectivity index (χ0) is 16.0. The Hall–Kier alpha value is -1.75. The van der Waals surface area contributed by atoms with E-state index in [1.54, 1.807) is 39.0 Å². The lowest BCUT2D eigenvalue weighted by Crippen LogP contribution is -2.35. The molecule has 5 nitrogen and oxygen atoms in total. The third-order valence-corrected chi connectivity index (χ3v) is 2.91. The summed E-state index contributed by atoms with van der Waals surface area (Å²) >= 11 is 5.96. The van der Waals surface area contributed by atoms with Gasteiger partial charge in [-0.2, -0.15) is 0 Å². The predicted octanol–water partition coefficient (Wildman–Crippen LogP) is 3.50. The summed E-state index contributed by atoms with van der Waals surface area (Å²) in [7, 11) is 1.50. The van der Waals surface area contributed by atoms with E-state index in [9.17, 15) is 9.59 Å². The highest BCUT2D eigenvalue weighted by Crippen LogP contribution is 2.28. The number of aldehydes is 1. The van der Waals surface area contributed by atoms with Crippen molar-refractivity contribution in [3.8, 4) is 5.75 Å². The number of rotatable bonds is 5. The summed E-state index contributed by atoms with van der Waals surface area (Å²) in [6, 6.07) is 4.58. The van der Waals surface area contributed by atoms with E-state index in [0.717, 1.165) is 6.29 Å². The molecule has 1 aromatic rings. The molecule has 0 aliphatic carbocycles. The lowest BCUT2D eigenvalue weighted by molar-refractivity contribution is -0.108. The fourth-order valence-electron chi connectivity index (χ4n) is 1.72. The van der Waals surface area contributed by atoms with Crippen molar-refractivity contribution < 1.29 is 19.1 Å². The van der Waals surface area contributed by atoms with Crippen LogP contribution in [0, 0.1) is 0 Å². The highest BCUT2D eigenvalue weighted by Gasteiger charge is 2.21. The van der Waals surface area contributed by atoms with E-state index in [2.05, 4.69) is 5.32 Å². The Kier molecular flexibility index (Phi) is 6.03. The van der Waals surface area contributed by atoms with E-state index in [0.29, 0.717) is 16.3 Å². The lowest BCUT2D eigenvalue weighted by Gasteiger charge is -2.23. The van der Waals surface area contributed by atoms with Crippen molar-refractivity contribution in [3.05, 3.63) is 28.8 Å². The van der Waals surface area contributed by atoms with E-state index in [1.165, 1.54) is 7.11 Å². The molecule has 1 amide bonds. The number of nitrogens with one attached hydrogen (secondary N) is 1. The number of benzene rings is 1. The Balaban J connectivity index is 2.91. The van der Waals surface area contributed by atoms with Gasteiger partial charge in [-0.25, -0.2) is 4.79 Å². The molecule has 0 aliphatic rings. The number of methoxy groups -OCH3 is 1. The van der Waals surface area contributed by atoms with Gasteiger partial charge in [0.1, 0.15) is 17.6 Å². The lowest BCUT2D eigenvalue weighted by atomic mass is 10.0. The molecule has 21 heavy (non-hydrogen) atoms. The summed E-state index contributed by atoms with van der Waals surface area (Å²) < 4.78 is 10.3. The SMILES string of the molecule is COc1cc([C@H](CC=O)NC(=O)OC(C)(C)C)ccc1Cl. The Morgan fingerprint density at radius 2 is 2.10 bits per heavy atom. The zero-order valence-corrected chi connectivity index (χ0v) is 13.4. The van der Waals surface area contributed by atoms with Crippen LogP contribution in [0.2, 0.25) is 5.02 Å². The first kappa shape index (κ1) is 17.3. The number of amides is 1.